The molecule has 0 radical (unpaired) electrons. The third-order valence-corrected chi connectivity index (χ3v) is 2.71. The van der Waals surface area contributed by atoms with E-state index < -0.39 is 11.4 Å². The largest absolute Gasteiger partial charge is 0.494 e. The van der Waals surface area contributed by atoms with Crippen molar-refractivity contribution in [2.45, 2.75) is 27.3 Å². The molecule has 4 heteroatoms. The van der Waals surface area contributed by atoms with Gasteiger partial charge < -0.3 is 15.2 Å². The van der Waals surface area contributed by atoms with E-state index in [0.29, 0.717) is 19.7 Å². The van der Waals surface area contributed by atoms with Crippen molar-refractivity contribution in [3.8, 4) is 5.75 Å². The minimum absolute atomic E-state index is 0.440. The number of carboxylic acids is 1. The normalized spacial score (nSPS) is 11.3. The molecular weight excluding hydrogens is 230 g/mol. The minimum atomic E-state index is -0.790. The number of ether oxygens (including phenoxy) is 1. The first-order valence-corrected chi connectivity index (χ1v) is 6.11. The molecule has 1 rings (SSSR count). The number of benzene rings is 1. The highest BCUT2D eigenvalue weighted by Crippen LogP contribution is 2.15. The summed E-state index contributed by atoms with van der Waals surface area (Å²) in [4.78, 5) is 10.9. The van der Waals surface area contributed by atoms with Crippen LogP contribution in [0.5, 0.6) is 5.75 Å². The van der Waals surface area contributed by atoms with Gasteiger partial charge in [-0.2, -0.15) is 0 Å². The van der Waals surface area contributed by atoms with Crippen LogP contribution in [0.15, 0.2) is 24.3 Å². The highest BCUT2D eigenvalue weighted by atomic mass is 16.5. The topological polar surface area (TPSA) is 58.6 Å². The summed E-state index contributed by atoms with van der Waals surface area (Å²) < 4.78 is 5.35. The highest BCUT2D eigenvalue weighted by molar-refractivity contribution is 5.73. The van der Waals surface area contributed by atoms with Crippen molar-refractivity contribution in [1.82, 2.24) is 5.32 Å². The molecule has 18 heavy (non-hydrogen) atoms. The number of aliphatic carboxylic acids is 1. The van der Waals surface area contributed by atoms with Crippen molar-refractivity contribution in [2.24, 2.45) is 5.41 Å². The number of hydrogen-bond acceptors (Lipinski definition) is 3. The molecule has 0 unspecified atom stereocenters. The summed E-state index contributed by atoms with van der Waals surface area (Å²) in [6.45, 7) is 7.12. The average Bonchev–Trinajstić information content (AvgIpc) is 2.31. The van der Waals surface area contributed by atoms with Crippen molar-refractivity contribution >= 4 is 5.97 Å². The van der Waals surface area contributed by atoms with Gasteiger partial charge in [-0.25, -0.2) is 0 Å². The van der Waals surface area contributed by atoms with Crippen LogP contribution in [0.4, 0.5) is 0 Å². The van der Waals surface area contributed by atoms with Crippen LogP contribution in [0, 0.1) is 5.41 Å². The molecule has 100 valence electrons. The standard InChI is InChI=1S/C14H21NO3/c1-4-18-12-7-5-11(6-8-12)9-15-10-14(2,3)13(16)17/h5-8,15H,4,9-10H2,1-3H3,(H,16,17). The zero-order valence-corrected chi connectivity index (χ0v) is 11.2. The molecule has 0 aromatic heterocycles. The minimum Gasteiger partial charge on any atom is -0.494 e. The Morgan fingerprint density at radius 2 is 1.94 bits per heavy atom. The quantitative estimate of drug-likeness (QED) is 0.780. The Morgan fingerprint density at radius 3 is 2.44 bits per heavy atom. The second-order valence-electron chi connectivity index (χ2n) is 4.87. The SMILES string of the molecule is CCOc1ccc(CNCC(C)(C)C(=O)O)cc1. The Bertz CT molecular complexity index is 385. The smallest absolute Gasteiger partial charge is 0.310 e. The van der Waals surface area contributed by atoms with Crippen molar-refractivity contribution in [3.63, 3.8) is 0 Å². The van der Waals surface area contributed by atoms with Crippen molar-refractivity contribution in [3.05, 3.63) is 29.8 Å². The van der Waals surface area contributed by atoms with Gasteiger partial charge >= 0.3 is 5.97 Å². The molecule has 2 N–H and O–H groups in total. The first kappa shape index (κ1) is 14.5. The highest BCUT2D eigenvalue weighted by Gasteiger charge is 2.26. The second kappa shape index (κ2) is 6.40. The van der Waals surface area contributed by atoms with Gasteiger partial charge in [0, 0.05) is 13.1 Å². The summed E-state index contributed by atoms with van der Waals surface area (Å²) in [5.41, 5.74) is 0.366. The molecule has 0 saturated carbocycles. The molecule has 0 saturated heterocycles. The number of carboxylic acid groups (broad SMARTS) is 1. The predicted molar refractivity (Wildman–Crippen MR) is 70.7 cm³/mol. The van der Waals surface area contributed by atoms with Crippen LogP contribution in [0.3, 0.4) is 0 Å². The molecule has 0 aliphatic rings. The third kappa shape index (κ3) is 4.37. The van der Waals surface area contributed by atoms with Crippen LogP contribution >= 0.6 is 0 Å². The van der Waals surface area contributed by atoms with Crippen molar-refractivity contribution in [1.29, 1.82) is 0 Å². The lowest BCUT2D eigenvalue weighted by Crippen LogP contribution is -2.35. The van der Waals surface area contributed by atoms with E-state index in [1.54, 1.807) is 13.8 Å². The van der Waals surface area contributed by atoms with E-state index in [0.717, 1.165) is 11.3 Å². The molecule has 0 aliphatic heterocycles. The predicted octanol–water partition coefficient (Wildman–Crippen LogP) is 2.29. The zero-order valence-electron chi connectivity index (χ0n) is 11.2. The van der Waals surface area contributed by atoms with Crippen LogP contribution in [0.1, 0.15) is 26.3 Å². The monoisotopic (exact) mass is 251 g/mol. The van der Waals surface area contributed by atoms with E-state index >= 15 is 0 Å². The van der Waals surface area contributed by atoms with E-state index in [9.17, 15) is 4.79 Å². The van der Waals surface area contributed by atoms with Gasteiger partial charge in [0.1, 0.15) is 5.75 Å². The summed E-state index contributed by atoms with van der Waals surface area (Å²) >= 11 is 0. The molecule has 0 amide bonds. The number of hydrogen-bond donors (Lipinski definition) is 2. The first-order valence-electron chi connectivity index (χ1n) is 6.11. The third-order valence-electron chi connectivity index (χ3n) is 2.71. The molecule has 0 aliphatic carbocycles. The summed E-state index contributed by atoms with van der Waals surface area (Å²) in [5.74, 6) is 0.0637. The fourth-order valence-electron chi connectivity index (χ4n) is 1.47. The molecule has 4 nitrogen and oxygen atoms in total. The van der Waals surface area contributed by atoms with Gasteiger partial charge in [-0.15, -0.1) is 0 Å². The lowest BCUT2D eigenvalue weighted by Gasteiger charge is -2.19. The van der Waals surface area contributed by atoms with Crippen LogP contribution < -0.4 is 10.1 Å². The molecule has 1 aromatic rings. The zero-order chi connectivity index (χ0) is 13.6. The first-order chi connectivity index (χ1) is 8.45. The van der Waals surface area contributed by atoms with E-state index in [1.165, 1.54) is 0 Å². The van der Waals surface area contributed by atoms with E-state index in [2.05, 4.69) is 5.32 Å². The Balaban J connectivity index is 2.42. The molecule has 0 heterocycles. The van der Waals surface area contributed by atoms with Crippen LogP contribution in [-0.2, 0) is 11.3 Å². The van der Waals surface area contributed by atoms with Gasteiger partial charge in [0.25, 0.3) is 0 Å². The van der Waals surface area contributed by atoms with Crippen molar-refractivity contribution < 1.29 is 14.6 Å². The molecule has 1 aromatic carbocycles. The molecule has 0 spiro atoms. The van der Waals surface area contributed by atoms with Gasteiger partial charge in [-0.3, -0.25) is 4.79 Å². The number of rotatable bonds is 7. The molecule has 0 atom stereocenters. The Hall–Kier alpha value is -1.55. The van der Waals surface area contributed by atoms with Gasteiger partial charge in [0.15, 0.2) is 0 Å². The summed E-state index contributed by atoms with van der Waals surface area (Å²) in [5, 5.41) is 12.1. The summed E-state index contributed by atoms with van der Waals surface area (Å²) in [6, 6.07) is 7.79. The Morgan fingerprint density at radius 1 is 1.33 bits per heavy atom. The maximum atomic E-state index is 10.9. The van der Waals surface area contributed by atoms with Crippen molar-refractivity contribution in [2.75, 3.05) is 13.2 Å². The van der Waals surface area contributed by atoms with Gasteiger partial charge in [-0.05, 0) is 38.5 Å². The molecule has 0 bridgehead atoms. The maximum Gasteiger partial charge on any atom is 0.310 e. The van der Waals surface area contributed by atoms with Crippen LogP contribution in [0.25, 0.3) is 0 Å². The van der Waals surface area contributed by atoms with Crippen LogP contribution in [0.2, 0.25) is 0 Å². The second-order valence-corrected chi connectivity index (χ2v) is 4.87. The molecular formula is C14H21NO3. The summed E-state index contributed by atoms with van der Waals surface area (Å²) in [7, 11) is 0. The maximum absolute atomic E-state index is 10.9. The molecule has 0 fully saturated rings. The lowest BCUT2D eigenvalue weighted by molar-refractivity contribution is -0.146. The van der Waals surface area contributed by atoms with Gasteiger partial charge in [0.2, 0.25) is 0 Å². The summed E-state index contributed by atoms with van der Waals surface area (Å²) in [6.07, 6.45) is 0. The fraction of sp³-hybridized carbons (Fsp3) is 0.500. The Labute approximate surface area is 108 Å². The van der Waals surface area contributed by atoms with Gasteiger partial charge in [-0.1, -0.05) is 12.1 Å². The number of carbonyl (C=O) groups is 1. The van der Waals surface area contributed by atoms with Gasteiger partial charge in [0.05, 0.1) is 12.0 Å². The van der Waals surface area contributed by atoms with E-state index in [-0.39, 0.29) is 0 Å². The average molecular weight is 251 g/mol. The number of nitrogens with one attached hydrogen (secondary N) is 1. The Kier molecular flexibility index (Phi) is 5.16. The fourth-order valence-corrected chi connectivity index (χ4v) is 1.47. The van der Waals surface area contributed by atoms with Crippen LogP contribution in [-0.4, -0.2) is 24.2 Å². The van der Waals surface area contributed by atoms with E-state index in [4.69, 9.17) is 9.84 Å². The lowest BCUT2D eigenvalue weighted by atomic mass is 9.94. The van der Waals surface area contributed by atoms with E-state index in [1.807, 2.05) is 31.2 Å².